The highest BCUT2D eigenvalue weighted by Gasteiger charge is 2.48. The van der Waals surface area contributed by atoms with Crippen molar-refractivity contribution in [2.45, 2.75) is 19.9 Å². The number of Topliss-reactive ketones (excluding diaryl/α,β-unsaturated/α-hetero) is 1. The number of aromatic nitrogens is 1. The summed E-state index contributed by atoms with van der Waals surface area (Å²) in [6.45, 7) is 6.95. The van der Waals surface area contributed by atoms with E-state index in [9.17, 15) is 19.5 Å². The van der Waals surface area contributed by atoms with Crippen molar-refractivity contribution < 1.29 is 29.0 Å². The van der Waals surface area contributed by atoms with Crippen molar-refractivity contribution in [1.82, 2.24) is 4.98 Å². The molecule has 1 saturated heterocycles. The molecule has 190 valence electrons. The maximum Gasteiger partial charge on any atom is 0.350 e. The Morgan fingerprint density at radius 3 is 2.54 bits per heavy atom. The number of aryl methyl sites for hydroxylation is 2. The number of ether oxygens (including phenoxy) is 2. The van der Waals surface area contributed by atoms with Gasteiger partial charge in [-0.2, -0.15) is 0 Å². The monoisotopic (exact) mass is 582 g/mol. The minimum absolute atomic E-state index is 0.0239. The second kappa shape index (κ2) is 10.7. The molecular weight excluding hydrogens is 560 g/mol. The molecular formula is C27H23BrN2O6S. The summed E-state index contributed by atoms with van der Waals surface area (Å²) in [6.07, 6.45) is 1.45. The predicted octanol–water partition coefficient (Wildman–Crippen LogP) is 5.50. The van der Waals surface area contributed by atoms with E-state index < -0.39 is 23.7 Å². The molecule has 0 aliphatic carbocycles. The van der Waals surface area contributed by atoms with E-state index >= 15 is 0 Å². The number of carbonyl (C=O) groups is 3. The fourth-order valence-corrected chi connectivity index (χ4v) is 5.29. The number of esters is 1. The largest absolute Gasteiger partial charge is 0.507 e. The van der Waals surface area contributed by atoms with Crippen LogP contribution in [-0.4, -0.2) is 41.5 Å². The highest BCUT2D eigenvalue weighted by molar-refractivity contribution is 9.10. The quantitative estimate of drug-likeness (QED) is 0.129. The predicted molar refractivity (Wildman–Crippen MR) is 144 cm³/mol. The van der Waals surface area contributed by atoms with E-state index in [1.54, 1.807) is 56.3 Å². The van der Waals surface area contributed by atoms with Crippen LogP contribution in [0.15, 0.2) is 65.2 Å². The summed E-state index contributed by atoms with van der Waals surface area (Å²) >= 11 is 4.34. The van der Waals surface area contributed by atoms with Crippen molar-refractivity contribution in [3.8, 4) is 5.75 Å². The van der Waals surface area contributed by atoms with Gasteiger partial charge in [-0.1, -0.05) is 52.1 Å². The number of anilines is 1. The number of hydrogen-bond donors (Lipinski definition) is 1. The number of nitrogens with zero attached hydrogens (tertiary/aromatic N) is 2. The summed E-state index contributed by atoms with van der Waals surface area (Å²) in [5.74, 6) is -2.04. The van der Waals surface area contributed by atoms with E-state index in [1.807, 2.05) is 0 Å². The molecule has 10 heteroatoms. The van der Waals surface area contributed by atoms with Gasteiger partial charge in [-0.05, 0) is 55.3 Å². The first kappa shape index (κ1) is 26.3. The minimum Gasteiger partial charge on any atom is -0.507 e. The second-order valence-corrected chi connectivity index (χ2v) is 10.1. The highest BCUT2D eigenvalue weighted by Crippen LogP contribution is 2.44. The Bertz CT molecular complexity index is 1440. The zero-order valence-electron chi connectivity index (χ0n) is 20.3. The van der Waals surface area contributed by atoms with Crippen molar-refractivity contribution in [3.05, 3.63) is 92.4 Å². The Labute approximate surface area is 226 Å². The lowest BCUT2D eigenvalue weighted by molar-refractivity contribution is -0.132. The molecule has 2 aromatic carbocycles. The average molecular weight is 583 g/mol. The molecule has 2 heterocycles. The molecule has 0 spiro atoms. The molecule has 1 aromatic heterocycles. The molecule has 4 rings (SSSR count). The summed E-state index contributed by atoms with van der Waals surface area (Å²) in [5, 5.41) is 11.5. The van der Waals surface area contributed by atoms with Crippen LogP contribution < -0.4 is 9.64 Å². The molecule has 3 aromatic rings. The first-order valence-electron chi connectivity index (χ1n) is 11.1. The van der Waals surface area contributed by atoms with E-state index in [0.29, 0.717) is 28.1 Å². The Morgan fingerprint density at radius 1 is 1.22 bits per heavy atom. The molecule has 1 fully saturated rings. The zero-order valence-corrected chi connectivity index (χ0v) is 22.7. The van der Waals surface area contributed by atoms with Crippen molar-refractivity contribution >= 4 is 55.8 Å². The third-order valence-electron chi connectivity index (χ3n) is 5.83. The number of hydrogen-bond acceptors (Lipinski definition) is 8. The number of halogens is 1. The Morgan fingerprint density at radius 2 is 1.92 bits per heavy atom. The topological polar surface area (TPSA) is 106 Å². The van der Waals surface area contributed by atoms with Crippen molar-refractivity contribution in [3.63, 3.8) is 0 Å². The van der Waals surface area contributed by atoms with Crippen LogP contribution in [0.2, 0.25) is 0 Å². The molecule has 1 atom stereocenters. The Kier molecular flexibility index (Phi) is 7.60. The fraction of sp³-hybridized carbons (Fsp3) is 0.185. The maximum absolute atomic E-state index is 13.4. The summed E-state index contributed by atoms with van der Waals surface area (Å²) in [6, 6.07) is 11.1. The lowest BCUT2D eigenvalue weighted by atomic mass is 9.94. The third-order valence-corrected chi connectivity index (χ3v) is 7.49. The van der Waals surface area contributed by atoms with Gasteiger partial charge in [0.15, 0.2) is 5.13 Å². The smallest absolute Gasteiger partial charge is 0.350 e. The van der Waals surface area contributed by atoms with Crippen molar-refractivity contribution in [2.75, 3.05) is 18.6 Å². The molecule has 0 radical (unpaired) electrons. The third kappa shape index (κ3) is 4.94. The number of carbonyl (C=O) groups excluding carboxylic acids is 3. The van der Waals surface area contributed by atoms with Crippen LogP contribution in [0.4, 0.5) is 5.13 Å². The van der Waals surface area contributed by atoms with E-state index in [1.165, 1.54) is 18.1 Å². The molecule has 37 heavy (non-hydrogen) atoms. The van der Waals surface area contributed by atoms with E-state index in [4.69, 9.17) is 9.47 Å². The first-order chi connectivity index (χ1) is 17.7. The average Bonchev–Trinajstić information content (AvgIpc) is 3.39. The summed E-state index contributed by atoms with van der Waals surface area (Å²) < 4.78 is 11.2. The van der Waals surface area contributed by atoms with E-state index in [-0.39, 0.29) is 27.9 Å². The fourth-order valence-electron chi connectivity index (χ4n) is 4.04. The number of methoxy groups -OCH3 is 1. The molecule has 0 unspecified atom stereocenters. The van der Waals surface area contributed by atoms with E-state index in [0.717, 1.165) is 15.8 Å². The second-order valence-electron chi connectivity index (χ2n) is 8.20. The number of thiazole rings is 1. The molecule has 1 aliphatic heterocycles. The maximum atomic E-state index is 13.4. The van der Waals surface area contributed by atoms with Crippen LogP contribution >= 0.6 is 27.3 Å². The number of ketones is 1. The van der Waals surface area contributed by atoms with Crippen LogP contribution in [0.3, 0.4) is 0 Å². The van der Waals surface area contributed by atoms with Gasteiger partial charge in [0.05, 0.1) is 24.4 Å². The van der Waals surface area contributed by atoms with Crippen LogP contribution in [0.25, 0.3) is 5.76 Å². The van der Waals surface area contributed by atoms with E-state index in [2.05, 4.69) is 27.5 Å². The van der Waals surface area contributed by atoms with Gasteiger partial charge in [0, 0.05) is 10.0 Å². The number of aliphatic hydroxyl groups is 1. The molecule has 0 saturated carbocycles. The number of amides is 1. The first-order valence-corrected chi connectivity index (χ1v) is 12.8. The molecule has 1 N–H and O–H groups in total. The Balaban J connectivity index is 1.89. The lowest BCUT2D eigenvalue weighted by Gasteiger charge is -2.23. The summed E-state index contributed by atoms with van der Waals surface area (Å²) in [4.78, 5) is 45.1. The minimum atomic E-state index is -0.975. The normalized spacial score (nSPS) is 16.6. The molecule has 0 bridgehead atoms. The van der Waals surface area contributed by atoms with Gasteiger partial charge < -0.3 is 14.6 Å². The molecule has 1 amide bonds. The number of aliphatic hydroxyl groups excluding tert-OH is 1. The van der Waals surface area contributed by atoms with Gasteiger partial charge in [-0.3, -0.25) is 14.5 Å². The molecule has 1 aliphatic rings. The van der Waals surface area contributed by atoms with Gasteiger partial charge in [0.2, 0.25) is 0 Å². The van der Waals surface area contributed by atoms with Crippen LogP contribution in [0, 0.1) is 13.8 Å². The van der Waals surface area contributed by atoms with Crippen molar-refractivity contribution in [1.29, 1.82) is 0 Å². The summed E-state index contributed by atoms with van der Waals surface area (Å²) in [5.41, 5.74) is 1.92. The zero-order chi connectivity index (χ0) is 26.9. The van der Waals surface area contributed by atoms with Crippen molar-refractivity contribution in [2.24, 2.45) is 0 Å². The van der Waals surface area contributed by atoms with Crippen LogP contribution in [0.1, 0.15) is 38.1 Å². The van der Waals surface area contributed by atoms with Crippen LogP contribution in [0.5, 0.6) is 5.75 Å². The number of rotatable bonds is 7. The summed E-state index contributed by atoms with van der Waals surface area (Å²) in [7, 11) is 1.53. The Hall–Kier alpha value is -3.76. The standard InChI is InChI=1S/C27H23BrN2O6S/c1-5-12-36-26(34)24-15(3)29-27(37-24)30-21(16-6-8-17(28)9-7-16)20(23(32)25(30)33)22(31)19-11-10-18(35-4)13-14(19)2/h5-11,13,21,31H,1,12H2,2-4H3/b22-20+/t21-/m0/s1. The highest BCUT2D eigenvalue weighted by atomic mass is 79.9. The van der Waals surface area contributed by atoms with Gasteiger partial charge in [0.25, 0.3) is 5.78 Å². The lowest BCUT2D eigenvalue weighted by Crippen LogP contribution is -2.29. The van der Waals surface area contributed by atoms with Gasteiger partial charge in [-0.25, -0.2) is 9.78 Å². The SMILES string of the molecule is C=CCOC(=O)c1sc(N2C(=O)C(=O)/C(=C(/O)c3ccc(OC)cc3C)[C@@H]2c2ccc(Br)cc2)nc1C. The van der Waals surface area contributed by atoms with Gasteiger partial charge in [0.1, 0.15) is 23.0 Å². The van der Waals surface area contributed by atoms with Gasteiger partial charge in [-0.15, -0.1) is 0 Å². The number of benzene rings is 2. The van der Waals surface area contributed by atoms with Crippen LogP contribution in [-0.2, 0) is 14.3 Å². The molecule has 8 nitrogen and oxygen atoms in total. The van der Waals surface area contributed by atoms with Gasteiger partial charge >= 0.3 is 11.9 Å².